The van der Waals surface area contributed by atoms with Gasteiger partial charge in [-0.3, -0.25) is 0 Å². The number of aromatic nitrogens is 1. The highest BCUT2D eigenvalue weighted by Crippen LogP contribution is 2.11. The third-order valence-corrected chi connectivity index (χ3v) is 2.34. The number of nitrogens with zero attached hydrogens (tertiary/aromatic N) is 1. The minimum Gasteiger partial charge on any atom is -0.475 e. The van der Waals surface area contributed by atoms with Crippen LogP contribution in [0.4, 0.5) is 0 Å². The fourth-order valence-electron chi connectivity index (χ4n) is 1.51. The highest BCUT2D eigenvalue weighted by atomic mass is 16.5. The number of aryl methyl sites for hydroxylation is 1. The lowest BCUT2D eigenvalue weighted by Crippen LogP contribution is -2.10. The topological polar surface area (TPSA) is 66.6 Å². The van der Waals surface area contributed by atoms with Gasteiger partial charge in [0.05, 0.1) is 6.61 Å². The molecule has 102 valence electrons. The van der Waals surface area contributed by atoms with E-state index in [2.05, 4.69) is 4.98 Å². The minimum absolute atomic E-state index is 0.493. The fraction of sp³-hybridized carbons (Fsp3) is 0.615. The van der Waals surface area contributed by atoms with E-state index in [1.165, 1.54) is 0 Å². The van der Waals surface area contributed by atoms with Gasteiger partial charge in [-0.15, -0.1) is 0 Å². The summed E-state index contributed by atoms with van der Waals surface area (Å²) >= 11 is 0. The summed E-state index contributed by atoms with van der Waals surface area (Å²) in [5.74, 6) is 0.607. The van der Waals surface area contributed by atoms with Crippen molar-refractivity contribution in [2.24, 2.45) is 5.73 Å². The zero-order chi connectivity index (χ0) is 13.2. The summed E-state index contributed by atoms with van der Waals surface area (Å²) in [6, 6.07) is 3.81. The zero-order valence-electron chi connectivity index (χ0n) is 11.1. The molecule has 0 aliphatic carbocycles. The smallest absolute Gasteiger partial charge is 0.213 e. The van der Waals surface area contributed by atoms with E-state index in [0.717, 1.165) is 24.3 Å². The maximum atomic E-state index is 5.59. The van der Waals surface area contributed by atoms with Crippen LogP contribution in [-0.2, 0) is 16.0 Å². The van der Waals surface area contributed by atoms with Crippen molar-refractivity contribution in [1.82, 2.24) is 4.98 Å². The fourth-order valence-corrected chi connectivity index (χ4v) is 1.51. The molecule has 5 heteroatoms. The molecule has 0 saturated carbocycles. The van der Waals surface area contributed by atoms with E-state index in [1.54, 1.807) is 7.11 Å². The largest absolute Gasteiger partial charge is 0.475 e. The number of pyridine rings is 1. The summed E-state index contributed by atoms with van der Waals surface area (Å²) in [5, 5.41) is 0. The van der Waals surface area contributed by atoms with E-state index in [1.807, 2.05) is 19.1 Å². The van der Waals surface area contributed by atoms with Crippen molar-refractivity contribution in [3.8, 4) is 5.88 Å². The summed E-state index contributed by atoms with van der Waals surface area (Å²) in [6.45, 7) is 4.87. The lowest BCUT2D eigenvalue weighted by Gasteiger charge is -2.08. The molecule has 0 atom stereocenters. The van der Waals surface area contributed by atoms with Gasteiger partial charge >= 0.3 is 0 Å². The first-order valence-corrected chi connectivity index (χ1v) is 6.13. The maximum absolute atomic E-state index is 5.59. The van der Waals surface area contributed by atoms with E-state index < -0.39 is 0 Å². The number of ether oxygens (including phenoxy) is 3. The molecule has 18 heavy (non-hydrogen) atoms. The average Bonchev–Trinajstić information content (AvgIpc) is 2.37. The lowest BCUT2D eigenvalue weighted by molar-refractivity contribution is 0.0795. The predicted molar refractivity (Wildman–Crippen MR) is 69.7 cm³/mol. The number of hydrogen-bond donors (Lipinski definition) is 1. The third-order valence-electron chi connectivity index (χ3n) is 2.34. The molecule has 5 nitrogen and oxygen atoms in total. The Hall–Kier alpha value is -1.17. The van der Waals surface area contributed by atoms with Gasteiger partial charge in [-0.2, -0.15) is 0 Å². The summed E-state index contributed by atoms with van der Waals surface area (Å²) < 4.78 is 15.8. The van der Waals surface area contributed by atoms with Crippen molar-refractivity contribution in [3.63, 3.8) is 0 Å². The van der Waals surface area contributed by atoms with E-state index in [0.29, 0.717) is 32.2 Å². The molecule has 2 N–H and O–H groups in total. The molecule has 0 radical (unpaired) electrons. The first-order valence-electron chi connectivity index (χ1n) is 6.13. The van der Waals surface area contributed by atoms with Gasteiger partial charge in [0.1, 0.15) is 6.61 Å². The highest BCUT2D eigenvalue weighted by molar-refractivity contribution is 5.24. The van der Waals surface area contributed by atoms with Crippen LogP contribution < -0.4 is 10.5 Å². The number of nitrogens with two attached hydrogens (primary N) is 1. The quantitative estimate of drug-likeness (QED) is 0.672. The molecular weight excluding hydrogens is 232 g/mol. The summed E-state index contributed by atoms with van der Waals surface area (Å²) in [5.41, 5.74) is 7.53. The molecule has 1 heterocycles. The van der Waals surface area contributed by atoms with Gasteiger partial charge in [0.2, 0.25) is 5.88 Å². The second-order valence-electron chi connectivity index (χ2n) is 3.97. The van der Waals surface area contributed by atoms with Crippen molar-refractivity contribution in [1.29, 1.82) is 0 Å². The molecule has 1 aromatic rings. The molecule has 0 aliphatic rings. The lowest BCUT2D eigenvalue weighted by atomic mass is 10.2. The van der Waals surface area contributed by atoms with Crippen LogP contribution in [0.2, 0.25) is 0 Å². The van der Waals surface area contributed by atoms with Crippen LogP contribution in [0, 0.1) is 6.92 Å². The Morgan fingerprint density at radius 3 is 2.72 bits per heavy atom. The molecule has 0 fully saturated rings. The van der Waals surface area contributed by atoms with Gasteiger partial charge < -0.3 is 19.9 Å². The Morgan fingerprint density at radius 1 is 1.17 bits per heavy atom. The van der Waals surface area contributed by atoms with Crippen LogP contribution >= 0.6 is 0 Å². The Bertz CT molecular complexity index is 345. The van der Waals surface area contributed by atoms with Crippen LogP contribution in [0.5, 0.6) is 5.88 Å². The summed E-state index contributed by atoms with van der Waals surface area (Å²) in [7, 11) is 1.68. The zero-order valence-corrected chi connectivity index (χ0v) is 11.1. The van der Waals surface area contributed by atoms with Crippen LogP contribution in [0.15, 0.2) is 12.1 Å². The van der Waals surface area contributed by atoms with Crippen LogP contribution in [0.3, 0.4) is 0 Å². The van der Waals surface area contributed by atoms with Crippen molar-refractivity contribution in [2.75, 3.05) is 33.5 Å². The normalized spacial score (nSPS) is 10.6. The monoisotopic (exact) mass is 254 g/mol. The first-order chi connectivity index (χ1) is 8.76. The van der Waals surface area contributed by atoms with E-state index in [9.17, 15) is 0 Å². The predicted octanol–water partition coefficient (Wildman–Crippen LogP) is 1.28. The molecule has 0 bridgehead atoms. The molecule has 1 rings (SSSR count). The Kier molecular flexibility index (Phi) is 7.32. The average molecular weight is 254 g/mol. The number of hydrogen-bond acceptors (Lipinski definition) is 5. The Labute approximate surface area is 108 Å². The molecule has 1 aromatic heterocycles. The van der Waals surface area contributed by atoms with Gasteiger partial charge in [-0.25, -0.2) is 4.98 Å². The second kappa shape index (κ2) is 8.85. The summed E-state index contributed by atoms with van der Waals surface area (Å²) in [6.07, 6.45) is 0.899. The van der Waals surface area contributed by atoms with E-state index >= 15 is 0 Å². The standard InChI is InChI=1S/C13H22N2O3/c1-11-8-12(10-14)9-13(15-11)18-7-6-17-5-3-4-16-2/h8-9H,3-7,10,14H2,1-2H3. The van der Waals surface area contributed by atoms with Gasteiger partial charge in [0.15, 0.2) is 0 Å². The van der Waals surface area contributed by atoms with Crippen molar-refractivity contribution in [2.45, 2.75) is 19.9 Å². The summed E-state index contributed by atoms with van der Waals surface area (Å²) in [4.78, 5) is 4.28. The van der Waals surface area contributed by atoms with Crippen LogP contribution in [0.25, 0.3) is 0 Å². The minimum atomic E-state index is 0.493. The maximum Gasteiger partial charge on any atom is 0.213 e. The van der Waals surface area contributed by atoms with Gasteiger partial charge in [0.25, 0.3) is 0 Å². The highest BCUT2D eigenvalue weighted by Gasteiger charge is 2.00. The molecule has 0 aromatic carbocycles. The van der Waals surface area contributed by atoms with Crippen molar-refractivity contribution in [3.05, 3.63) is 23.4 Å². The van der Waals surface area contributed by atoms with Crippen molar-refractivity contribution < 1.29 is 14.2 Å². The molecular formula is C13H22N2O3. The van der Waals surface area contributed by atoms with Crippen molar-refractivity contribution >= 4 is 0 Å². The number of rotatable bonds is 9. The van der Waals surface area contributed by atoms with Gasteiger partial charge in [0, 0.05) is 38.6 Å². The molecule has 0 unspecified atom stereocenters. The second-order valence-corrected chi connectivity index (χ2v) is 3.97. The first kappa shape index (κ1) is 14.9. The molecule has 0 aliphatic heterocycles. The molecule has 0 saturated heterocycles. The Morgan fingerprint density at radius 2 is 2.00 bits per heavy atom. The van der Waals surface area contributed by atoms with E-state index in [-0.39, 0.29) is 0 Å². The SMILES string of the molecule is COCCCOCCOc1cc(CN)cc(C)n1. The molecule has 0 spiro atoms. The van der Waals surface area contributed by atoms with Gasteiger partial charge in [-0.1, -0.05) is 0 Å². The number of methoxy groups -OCH3 is 1. The van der Waals surface area contributed by atoms with E-state index in [4.69, 9.17) is 19.9 Å². The Balaban J connectivity index is 2.20. The third kappa shape index (κ3) is 5.95. The van der Waals surface area contributed by atoms with Crippen LogP contribution in [-0.4, -0.2) is 38.5 Å². The van der Waals surface area contributed by atoms with Crippen LogP contribution in [0.1, 0.15) is 17.7 Å². The molecule has 0 amide bonds. The van der Waals surface area contributed by atoms with Gasteiger partial charge in [-0.05, 0) is 25.0 Å².